The summed E-state index contributed by atoms with van der Waals surface area (Å²) in [6.07, 6.45) is 0.648. The normalized spacial score (nSPS) is 22.7. The van der Waals surface area contributed by atoms with E-state index in [9.17, 15) is 9.59 Å². The van der Waals surface area contributed by atoms with Crippen molar-refractivity contribution in [2.24, 2.45) is 7.05 Å². The van der Waals surface area contributed by atoms with E-state index in [0.717, 1.165) is 5.39 Å². The van der Waals surface area contributed by atoms with Crippen LogP contribution in [0.25, 0.3) is 22.0 Å². The van der Waals surface area contributed by atoms with Gasteiger partial charge in [0.25, 0.3) is 5.56 Å². The van der Waals surface area contributed by atoms with E-state index in [2.05, 4.69) is 10.2 Å². The van der Waals surface area contributed by atoms with Crippen LogP contribution in [0.3, 0.4) is 0 Å². The van der Waals surface area contributed by atoms with Crippen molar-refractivity contribution in [3.05, 3.63) is 46.9 Å². The predicted octanol–water partition coefficient (Wildman–Crippen LogP) is 4.24. The third kappa shape index (κ3) is 5.40. The van der Waals surface area contributed by atoms with E-state index in [1.54, 1.807) is 58.3 Å². The number of pyridine rings is 1. The van der Waals surface area contributed by atoms with E-state index in [1.165, 1.54) is 16.6 Å². The molecule has 39 heavy (non-hydrogen) atoms. The van der Waals surface area contributed by atoms with Crippen LogP contribution in [-0.4, -0.2) is 69.6 Å². The topological polar surface area (TPSA) is 105 Å². The predicted molar refractivity (Wildman–Crippen MR) is 142 cm³/mol. The Morgan fingerprint density at radius 2 is 1.95 bits per heavy atom. The van der Waals surface area contributed by atoms with Gasteiger partial charge >= 0.3 is 6.09 Å². The van der Waals surface area contributed by atoms with Gasteiger partial charge in [-0.15, -0.1) is 10.2 Å². The van der Waals surface area contributed by atoms with E-state index in [4.69, 9.17) is 18.9 Å². The Hall–Kier alpha value is -3.73. The zero-order valence-electron chi connectivity index (χ0n) is 22.7. The number of carbonyl (C=O) groups excluding carboxylic acids is 1. The lowest BCUT2D eigenvalue weighted by atomic mass is 9.98. The minimum absolute atomic E-state index is 0.0141. The SMILES string of the molecule is COCOc1cc2ccn(C)c(=O)c2cc1-c1ccc(O[C@@H]2C[C@H]3CC[C@@H]([C@@H]2F)N3C(=O)OC(C)(C)C)nn1. The molecule has 208 valence electrons. The second-order valence-electron chi connectivity index (χ2n) is 11.0. The highest BCUT2D eigenvalue weighted by Crippen LogP contribution is 2.40. The number of hydrogen-bond donors (Lipinski definition) is 0. The Morgan fingerprint density at radius 1 is 1.15 bits per heavy atom. The largest absolute Gasteiger partial charge is 0.470 e. The van der Waals surface area contributed by atoms with Crippen molar-refractivity contribution in [2.45, 2.75) is 70.0 Å². The van der Waals surface area contributed by atoms with Gasteiger partial charge in [0, 0.05) is 49.8 Å². The number of nitrogens with zero attached hydrogens (tertiary/aromatic N) is 4. The summed E-state index contributed by atoms with van der Waals surface area (Å²) in [4.78, 5) is 27.0. The number of amides is 1. The lowest BCUT2D eigenvalue weighted by Crippen LogP contribution is -2.57. The lowest BCUT2D eigenvalue weighted by molar-refractivity contribution is -0.0412. The first kappa shape index (κ1) is 26.9. The average molecular weight is 541 g/mol. The summed E-state index contributed by atoms with van der Waals surface area (Å²) in [6, 6.07) is 7.86. The molecule has 0 N–H and O–H groups in total. The van der Waals surface area contributed by atoms with Gasteiger partial charge in [-0.2, -0.15) is 0 Å². The number of carbonyl (C=O) groups is 1. The molecule has 1 amide bonds. The van der Waals surface area contributed by atoms with Gasteiger partial charge in [0.05, 0.1) is 11.7 Å². The number of ether oxygens (including phenoxy) is 4. The van der Waals surface area contributed by atoms with Gasteiger partial charge in [-0.05, 0) is 63.3 Å². The minimum Gasteiger partial charge on any atom is -0.470 e. The Kier molecular flexibility index (Phi) is 7.19. The molecule has 10 nitrogen and oxygen atoms in total. The van der Waals surface area contributed by atoms with Crippen molar-refractivity contribution in [3.8, 4) is 22.9 Å². The van der Waals surface area contributed by atoms with E-state index in [1.807, 2.05) is 6.07 Å². The standard InChI is InChI=1S/C28H33FN4O6/c1-28(2,3)39-27(35)33-17-6-8-21(33)25(29)23(13-17)38-24-9-7-20(30-31-24)19-14-18-16(10-11-32(4)26(18)34)12-22(19)37-15-36-5/h7,9-12,14,17,21,23,25H,6,8,13,15H2,1-5H3/t17-,21+,23-,25+/m1/s1. The summed E-state index contributed by atoms with van der Waals surface area (Å²) < 4.78 is 39.3. The molecule has 0 spiro atoms. The van der Waals surface area contributed by atoms with Crippen LogP contribution in [0.1, 0.15) is 40.0 Å². The van der Waals surface area contributed by atoms with Crippen molar-refractivity contribution in [3.63, 3.8) is 0 Å². The highest BCUT2D eigenvalue weighted by atomic mass is 19.1. The van der Waals surface area contributed by atoms with Crippen molar-refractivity contribution in [2.75, 3.05) is 13.9 Å². The van der Waals surface area contributed by atoms with E-state index < -0.39 is 30.0 Å². The van der Waals surface area contributed by atoms with Crippen molar-refractivity contribution < 1.29 is 28.1 Å². The molecule has 0 unspecified atom stereocenters. The summed E-state index contributed by atoms with van der Waals surface area (Å²) in [5, 5.41) is 9.71. The Labute approximate surface area is 225 Å². The maximum Gasteiger partial charge on any atom is 0.410 e. The van der Waals surface area contributed by atoms with Gasteiger partial charge in [0.15, 0.2) is 13.0 Å². The number of hydrogen-bond acceptors (Lipinski definition) is 8. The number of aryl methyl sites for hydroxylation is 1. The van der Waals surface area contributed by atoms with Crippen LogP contribution in [0.2, 0.25) is 0 Å². The molecule has 2 aliphatic heterocycles. The Bertz CT molecular complexity index is 1420. The third-order valence-corrected chi connectivity index (χ3v) is 7.08. The molecule has 2 saturated heterocycles. The number of rotatable bonds is 6. The average Bonchev–Trinajstić information content (AvgIpc) is 3.25. The maximum absolute atomic E-state index is 15.5. The van der Waals surface area contributed by atoms with Gasteiger partial charge in [-0.25, -0.2) is 9.18 Å². The van der Waals surface area contributed by atoms with Crippen molar-refractivity contribution in [1.82, 2.24) is 19.7 Å². The molecule has 1 aromatic carbocycles. The molecule has 2 bridgehead atoms. The number of aromatic nitrogens is 3. The smallest absolute Gasteiger partial charge is 0.410 e. The van der Waals surface area contributed by atoms with Gasteiger partial charge in [0.1, 0.15) is 17.5 Å². The molecule has 0 aliphatic carbocycles. The summed E-state index contributed by atoms with van der Waals surface area (Å²) in [6.45, 7) is 5.40. The zero-order chi connectivity index (χ0) is 27.9. The number of halogens is 1. The van der Waals surface area contributed by atoms with Crippen LogP contribution in [0.4, 0.5) is 9.18 Å². The third-order valence-electron chi connectivity index (χ3n) is 7.08. The van der Waals surface area contributed by atoms with E-state index >= 15 is 4.39 Å². The summed E-state index contributed by atoms with van der Waals surface area (Å²) in [7, 11) is 3.20. The van der Waals surface area contributed by atoms with Gasteiger partial charge in [-0.1, -0.05) is 0 Å². The van der Waals surface area contributed by atoms with Crippen molar-refractivity contribution >= 4 is 16.9 Å². The fourth-order valence-corrected chi connectivity index (χ4v) is 5.31. The number of alkyl halides is 1. The van der Waals surface area contributed by atoms with Gasteiger partial charge in [0.2, 0.25) is 5.88 Å². The molecule has 4 atom stereocenters. The molecule has 4 heterocycles. The maximum atomic E-state index is 15.5. The fourth-order valence-electron chi connectivity index (χ4n) is 5.31. The monoisotopic (exact) mass is 540 g/mol. The minimum atomic E-state index is -1.39. The first-order valence-electron chi connectivity index (χ1n) is 13.0. The molecule has 11 heteroatoms. The molecule has 2 aromatic heterocycles. The summed E-state index contributed by atoms with van der Waals surface area (Å²) in [5.41, 5.74) is 0.215. The van der Waals surface area contributed by atoms with E-state index in [-0.39, 0.29) is 24.3 Å². The van der Waals surface area contributed by atoms with Crippen LogP contribution < -0.4 is 15.0 Å². The highest BCUT2D eigenvalue weighted by molar-refractivity contribution is 5.89. The molecule has 2 aliphatic rings. The highest BCUT2D eigenvalue weighted by Gasteiger charge is 2.52. The van der Waals surface area contributed by atoms with Crippen LogP contribution in [0, 0.1) is 0 Å². The zero-order valence-corrected chi connectivity index (χ0v) is 22.7. The second kappa shape index (κ2) is 10.4. The van der Waals surface area contributed by atoms with Crippen molar-refractivity contribution in [1.29, 1.82) is 0 Å². The molecule has 3 aromatic rings. The number of benzene rings is 1. The fraction of sp³-hybridized carbons (Fsp3) is 0.500. The van der Waals surface area contributed by atoms with Gasteiger partial charge < -0.3 is 23.5 Å². The second-order valence-corrected chi connectivity index (χ2v) is 11.0. The Balaban J connectivity index is 1.36. The first-order valence-corrected chi connectivity index (χ1v) is 13.0. The molecule has 5 rings (SSSR count). The summed E-state index contributed by atoms with van der Waals surface area (Å²) in [5.74, 6) is 0.656. The van der Waals surface area contributed by atoms with Crippen LogP contribution in [0.15, 0.2) is 41.3 Å². The number of methoxy groups -OCH3 is 1. The van der Waals surface area contributed by atoms with Crippen LogP contribution in [-0.2, 0) is 16.5 Å². The molecule has 0 radical (unpaired) electrons. The number of fused-ring (bicyclic) bond motifs is 3. The molecule has 2 fully saturated rings. The van der Waals surface area contributed by atoms with Gasteiger partial charge in [-0.3, -0.25) is 9.69 Å². The Morgan fingerprint density at radius 3 is 2.64 bits per heavy atom. The summed E-state index contributed by atoms with van der Waals surface area (Å²) >= 11 is 0. The lowest BCUT2D eigenvalue weighted by Gasteiger charge is -2.41. The first-order chi connectivity index (χ1) is 18.6. The quantitative estimate of drug-likeness (QED) is 0.428. The number of piperidine rings is 1. The van der Waals surface area contributed by atoms with E-state index in [0.29, 0.717) is 41.7 Å². The molecule has 0 saturated carbocycles. The molecular weight excluding hydrogens is 507 g/mol. The van der Waals surface area contributed by atoms with Crippen LogP contribution in [0.5, 0.6) is 11.6 Å². The van der Waals surface area contributed by atoms with Crippen LogP contribution >= 0.6 is 0 Å². The molecular formula is C28H33FN4O6.